The van der Waals surface area contributed by atoms with Gasteiger partial charge < -0.3 is 14.9 Å². The summed E-state index contributed by atoms with van der Waals surface area (Å²) in [5.41, 5.74) is 2.04. The zero-order chi connectivity index (χ0) is 20.9. The van der Waals surface area contributed by atoms with Crippen LogP contribution in [-0.4, -0.2) is 53.8 Å². The highest BCUT2D eigenvalue weighted by Gasteiger charge is 2.33. The second-order valence-electron chi connectivity index (χ2n) is 7.72. The molecule has 3 rings (SSSR count). The van der Waals surface area contributed by atoms with E-state index in [4.69, 9.17) is 6.57 Å². The van der Waals surface area contributed by atoms with Crippen molar-refractivity contribution >= 4 is 17.1 Å². The lowest BCUT2D eigenvalue weighted by atomic mass is 9.90. The van der Waals surface area contributed by atoms with Crippen molar-refractivity contribution in [1.29, 1.82) is 0 Å². The van der Waals surface area contributed by atoms with Crippen LogP contribution in [-0.2, 0) is 6.42 Å². The SMILES string of the molecule is [C-]#[N+]c1ccc(CCN2CCC(O)(CN(C)c3ccc([N+](=O)[O-])cc3)CC2)cc1. The lowest BCUT2D eigenvalue weighted by Crippen LogP contribution is -2.50. The maximum absolute atomic E-state index is 11.0. The summed E-state index contributed by atoms with van der Waals surface area (Å²) in [6.45, 7) is 10.1. The van der Waals surface area contributed by atoms with E-state index in [1.165, 1.54) is 17.7 Å². The average molecular weight is 394 g/mol. The van der Waals surface area contributed by atoms with Crippen LogP contribution in [0.2, 0.25) is 0 Å². The fourth-order valence-corrected chi connectivity index (χ4v) is 3.74. The summed E-state index contributed by atoms with van der Waals surface area (Å²) in [5, 5.41) is 21.8. The Morgan fingerprint density at radius 2 is 1.79 bits per heavy atom. The number of rotatable bonds is 7. The first kappa shape index (κ1) is 20.8. The highest BCUT2D eigenvalue weighted by atomic mass is 16.6. The maximum Gasteiger partial charge on any atom is 0.269 e. The summed E-state index contributed by atoms with van der Waals surface area (Å²) in [6.07, 6.45) is 2.32. The molecular weight excluding hydrogens is 368 g/mol. The Bertz CT molecular complexity index is 866. The quantitative estimate of drug-likeness (QED) is 0.441. The molecule has 0 spiro atoms. The molecule has 1 aliphatic heterocycles. The molecular formula is C22H26N4O3. The fraction of sp³-hybridized carbons (Fsp3) is 0.409. The van der Waals surface area contributed by atoms with Crippen molar-refractivity contribution in [3.05, 3.63) is 75.6 Å². The number of anilines is 1. The van der Waals surface area contributed by atoms with Gasteiger partial charge in [-0.1, -0.05) is 24.3 Å². The van der Waals surface area contributed by atoms with Crippen LogP contribution in [0.3, 0.4) is 0 Å². The van der Waals surface area contributed by atoms with Crippen molar-refractivity contribution < 1.29 is 10.0 Å². The van der Waals surface area contributed by atoms with Crippen molar-refractivity contribution in [2.75, 3.05) is 38.1 Å². The van der Waals surface area contributed by atoms with Gasteiger partial charge in [0.05, 0.1) is 17.1 Å². The zero-order valence-corrected chi connectivity index (χ0v) is 16.6. The van der Waals surface area contributed by atoms with E-state index in [0.29, 0.717) is 25.1 Å². The summed E-state index contributed by atoms with van der Waals surface area (Å²) in [4.78, 5) is 18.1. The molecule has 0 unspecified atom stereocenters. The lowest BCUT2D eigenvalue weighted by Gasteiger charge is -2.40. The van der Waals surface area contributed by atoms with Crippen molar-refractivity contribution in [3.63, 3.8) is 0 Å². The van der Waals surface area contributed by atoms with Crippen LogP contribution in [0, 0.1) is 16.7 Å². The molecule has 2 aromatic carbocycles. The number of benzene rings is 2. The summed E-state index contributed by atoms with van der Waals surface area (Å²) in [6, 6.07) is 14.1. The van der Waals surface area contributed by atoms with Gasteiger partial charge in [-0.2, -0.15) is 0 Å². The minimum Gasteiger partial charge on any atom is -0.388 e. The molecule has 0 aromatic heterocycles. The van der Waals surface area contributed by atoms with Gasteiger partial charge >= 0.3 is 0 Å². The summed E-state index contributed by atoms with van der Waals surface area (Å²) in [5.74, 6) is 0. The molecule has 1 fully saturated rings. The molecule has 0 amide bonds. The molecule has 2 aromatic rings. The molecule has 1 aliphatic rings. The van der Waals surface area contributed by atoms with E-state index in [-0.39, 0.29) is 5.69 Å². The van der Waals surface area contributed by atoms with Gasteiger partial charge in [0.25, 0.3) is 5.69 Å². The summed E-state index contributed by atoms with van der Waals surface area (Å²) in [7, 11) is 1.90. The highest BCUT2D eigenvalue weighted by Crippen LogP contribution is 2.26. The normalized spacial score (nSPS) is 16.2. The fourth-order valence-electron chi connectivity index (χ4n) is 3.74. The van der Waals surface area contributed by atoms with Crippen LogP contribution in [0.1, 0.15) is 18.4 Å². The van der Waals surface area contributed by atoms with Gasteiger partial charge in [0.2, 0.25) is 0 Å². The molecule has 1 N–H and O–H groups in total. The number of nitrogens with zero attached hydrogens (tertiary/aromatic N) is 4. The van der Waals surface area contributed by atoms with E-state index >= 15 is 0 Å². The molecule has 7 heteroatoms. The molecule has 0 bridgehead atoms. The lowest BCUT2D eigenvalue weighted by molar-refractivity contribution is -0.384. The van der Waals surface area contributed by atoms with Crippen LogP contribution in [0.4, 0.5) is 17.1 Å². The van der Waals surface area contributed by atoms with Crippen LogP contribution < -0.4 is 4.90 Å². The van der Waals surface area contributed by atoms with Gasteiger partial charge in [-0.3, -0.25) is 10.1 Å². The number of hydrogen-bond acceptors (Lipinski definition) is 5. The van der Waals surface area contributed by atoms with E-state index in [9.17, 15) is 15.2 Å². The van der Waals surface area contributed by atoms with Gasteiger partial charge in [0, 0.05) is 51.0 Å². The Balaban J connectivity index is 1.48. The molecule has 1 saturated heterocycles. The third kappa shape index (κ3) is 5.53. The summed E-state index contributed by atoms with van der Waals surface area (Å²) < 4.78 is 0. The molecule has 7 nitrogen and oxygen atoms in total. The topological polar surface area (TPSA) is 74.2 Å². The Morgan fingerprint density at radius 1 is 1.17 bits per heavy atom. The van der Waals surface area contributed by atoms with Crippen molar-refractivity contribution in [2.24, 2.45) is 0 Å². The zero-order valence-electron chi connectivity index (χ0n) is 16.6. The van der Waals surface area contributed by atoms with Crippen LogP contribution in [0.15, 0.2) is 48.5 Å². The Hall–Kier alpha value is -2.95. The van der Waals surface area contributed by atoms with Gasteiger partial charge in [0.1, 0.15) is 0 Å². The molecule has 1 heterocycles. The number of aliphatic hydroxyl groups is 1. The third-order valence-corrected chi connectivity index (χ3v) is 5.60. The van der Waals surface area contributed by atoms with Crippen molar-refractivity contribution in [3.8, 4) is 0 Å². The van der Waals surface area contributed by atoms with E-state index in [1.807, 2.05) is 36.2 Å². The first-order valence-electron chi connectivity index (χ1n) is 9.75. The molecule has 29 heavy (non-hydrogen) atoms. The van der Waals surface area contributed by atoms with Crippen LogP contribution in [0.25, 0.3) is 4.85 Å². The van der Waals surface area contributed by atoms with E-state index in [2.05, 4.69) is 9.74 Å². The maximum atomic E-state index is 11.0. The number of piperidine rings is 1. The number of non-ortho nitro benzene ring substituents is 1. The monoisotopic (exact) mass is 394 g/mol. The van der Waals surface area contributed by atoms with E-state index in [0.717, 1.165) is 31.7 Å². The van der Waals surface area contributed by atoms with Gasteiger partial charge in [-0.15, -0.1) is 0 Å². The van der Waals surface area contributed by atoms with Gasteiger partial charge in [0.15, 0.2) is 5.69 Å². The number of hydrogen-bond donors (Lipinski definition) is 1. The molecule has 0 atom stereocenters. The van der Waals surface area contributed by atoms with Gasteiger partial charge in [-0.25, -0.2) is 4.85 Å². The highest BCUT2D eigenvalue weighted by molar-refractivity contribution is 5.50. The van der Waals surface area contributed by atoms with E-state index < -0.39 is 10.5 Å². The Morgan fingerprint density at radius 3 is 2.34 bits per heavy atom. The number of nitro groups is 1. The Kier molecular flexibility index (Phi) is 6.47. The smallest absolute Gasteiger partial charge is 0.269 e. The standard InChI is InChI=1S/C22H26N4O3/c1-23-19-5-3-18(4-6-19)11-14-25-15-12-22(27,13-16-25)17-24(2)20-7-9-21(10-8-20)26(28)29/h3-10,27H,11-17H2,2H3. The summed E-state index contributed by atoms with van der Waals surface area (Å²) >= 11 is 0. The molecule has 0 aliphatic carbocycles. The number of nitro benzene ring substituents is 1. The van der Waals surface area contributed by atoms with Gasteiger partial charge in [-0.05, 0) is 37.0 Å². The van der Waals surface area contributed by atoms with E-state index in [1.54, 1.807) is 12.1 Å². The molecule has 152 valence electrons. The first-order valence-corrected chi connectivity index (χ1v) is 9.75. The second kappa shape index (κ2) is 9.03. The predicted octanol–water partition coefficient (Wildman–Crippen LogP) is 3.65. The second-order valence-corrected chi connectivity index (χ2v) is 7.72. The minimum absolute atomic E-state index is 0.0675. The van der Waals surface area contributed by atoms with Crippen molar-refractivity contribution in [1.82, 2.24) is 4.90 Å². The minimum atomic E-state index is -0.760. The first-order chi connectivity index (χ1) is 13.9. The molecule has 0 radical (unpaired) electrons. The molecule has 0 saturated carbocycles. The number of likely N-dealkylation sites (N-methyl/N-ethyl adjacent to an activating group) is 1. The largest absolute Gasteiger partial charge is 0.388 e. The third-order valence-electron chi connectivity index (χ3n) is 5.60. The number of likely N-dealkylation sites (tertiary alicyclic amines) is 1. The van der Waals surface area contributed by atoms with Crippen molar-refractivity contribution in [2.45, 2.75) is 24.9 Å². The van der Waals surface area contributed by atoms with Crippen LogP contribution in [0.5, 0.6) is 0 Å². The average Bonchev–Trinajstić information content (AvgIpc) is 2.73. The van der Waals surface area contributed by atoms with Crippen LogP contribution >= 0.6 is 0 Å². The predicted molar refractivity (Wildman–Crippen MR) is 113 cm³/mol. The Labute approximate surface area is 171 Å².